The third-order valence-corrected chi connectivity index (χ3v) is 2.05. The zero-order chi connectivity index (χ0) is 10.4. The van der Waals surface area contributed by atoms with Gasteiger partial charge in [-0.3, -0.25) is 4.79 Å². The van der Waals surface area contributed by atoms with Gasteiger partial charge in [-0.15, -0.1) is 0 Å². The van der Waals surface area contributed by atoms with Gasteiger partial charge >= 0.3 is 5.97 Å². The molecule has 0 aliphatic carbocycles. The topological polar surface area (TPSA) is 44.8 Å². The molecule has 1 unspecified atom stereocenters. The highest BCUT2D eigenvalue weighted by atomic mass is 16.7. The normalized spacial score (nSPS) is 21.5. The average Bonchev–Trinajstić information content (AvgIpc) is 2.63. The van der Waals surface area contributed by atoms with E-state index in [0.29, 0.717) is 32.3 Å². The lowest BCUT2D eigenvalue weighted by Gasteiger charge is -2.09. The van der Waals surface area contributed by atoms with Crippen LogP contribution in [0.5, 0.6) is 0 Å². The molecule has 1 saturated heterocycles. The van der Waals surface area contributed by atoms with Crippen molar-refractivity contribution in [2.45, 2.75) is 32.8 Å². The number of hydrogen-bond donors (Lipinski definition) is 0. The summed E-state index contributed by atoms with van der Waals surface area (Å²) in [6.07, 6.45) is 1.30. The Kier molecular flexibility index (Phi) is 4.90. The summed E-state index contributed by atoms with van der Waals surface area (Å²) in [5, 5.41) is 0. The molecule has 1 fully saturated rings. The van der Waals surface area contributed by atoms with Gasteiger partial charge in [-0.2, -0.15) is 0 Å². The Bertz CT molecular complexity index is 173. The number of ether oxygens (including phenoxy) is 3. The average molecular weight is 202 g/mol. The van der Waals surface area contributed by atoms with Crippen LogP contribution < -0.4 is 0 Å². The van der Waals surface area contributed by atoms with E-state index in [1.54, 1.807) is 0 Å². The summed E-state index contributed by atoms with van der Waals surface area (Å²) in [5.41, 5.74) is 0. The van der Waals surface area contributed by atoms with Crippen LogP contribution in [-0.2, 0) is 19.0 Å². The maximum Gasteiger partial charge on any atom is 0.305 e. The number of rotatable bonds is 5. The quantitative estimate of drug-likeness (QED) is 0.631. The summed E-state index contributed by atoms with van der Waals surface area (Å²) in [5.74, 6) is 0.391. The third kappa shape index (κ3) is 4.58. The molecule has 1 atom stereocenters. The molecule has 0 spiro atoms. The largest absolute Gasteiger partial charge is 0.463 e. The number of carbonyl (C=O) groups is 1. The van der Waals surface area contributed by atoms with Crippen molar-refractivity contribution in [2.24, 2.45) is 5.92 Å². The van der Waals surface area contributed by atoms with Gasteiger partial charge in [0.1, 0.15) is 19.5 Å². The van der Waals surface area contributed by atoms with Crippen LogP contribution in [0.3, 0.4) is 0 Å². The minimum absolute atomic E-state index is 0.0713. The molecule has 4 nitrogen and oxygen atoms in total. The molecule has 0 amide bonds. The van der Waals surface area contributed by atoms with Crippen molar-refractivity contribution in [3.05, 3.63) is 0 Å². The van der Waals surface area contributed by atoms with Gasteiger partial charge in [-0.25, -0.2) is 0 Å². The lowest BCUT2D eigenvalue weighted by atomic mass is 10.1. The number of esters is 1. The molecule has 4 heteroatoms. The maximum atomic E-state index is 11.2. The van der Waals surface area contributed by atoms with Crippen LogP contribution in [0, 0.1) is 5.92 Å². The second kappa shape index (κ2) is 5.98. The summed E-state index contributed by atoms with van der Waals surface area (Å²) in [6, 6.07) is 0. The molecule has 0 aromatic heterocycles. The Hall–Kier alpha value is -0.610. The molecule has 0 aromatic rings. The molecule has 1 rings (SSSR count). The first-order chi connectivity index (χ1) is 6.68. The Morgan fingerprint density at radius 1 is 1.57 bits per heavy atom. The molecule has 0 N–H and O–H groups in total. The Balaban J connectivity index is 2.02. The van der Waals surface area contributed by atoms with E-state index in [0.717, 1.165) is 6.42 Å². The predicted octanol–water partition coefficient (Wildman–Crippen LogP) is 1.34. The van der Waals surface area contributed by atoms with Gasteiger partial charge in [0.15, 0.2) is 0 Å². The van der Waals surface area contributed by atoms with E-state index in [4.69, 9.17) is 14.2 Å². The van der Waals surface area contributed by atoms with Gasteiger partial charge in [0.2, 0.25) is 0 Å². The smallest absolute Gasteiger partial charge is 0.305 e. The van der Waals surface area contributed by atoms with Crippen molar-refractivity contribution in [2.75, 3.05) is 20.0 Å². The summed E-state index contributed by atoms with van der Waals surface area (Å²) in [4.78, 5) is 11.2. The van der Waals surface area contributed by atoms with Gasteiger partial charge in [0.05, 0.1) is 6.61 Å². The van der Waals surface area contributed by atoms with Crippen molar-refractivity contribution < 1.29 is 19.0 Å². The van der Waals surface area contributed by atoms with E-state index >= 15 is 0 Å². The van der Waals surface area contributed by atoms with E-state index < -0.39 is 0 Å². The summed E-state index contributed by atoms with van der Waals surface area (Å²) in [6.45, 7) is 5.32. The molecular formula is C10H18O4. The van der Waals surface area contributed by atoms with Crippen molar-refractivity contribution in [3.8, 4) is 0 Å². The number of hydrogen-bond acceptors (Lipinski definition) is 4. The molecule has 1 heterocycles. The standard InChI is InChI=1S/C10H18O4/c1-8(2)3-4-10(11)13-6-9-5-12-7-14-9/h8-9H,3-7H2,1-2H3. The Labute approximate surface area is 84.5 Å². The maximum absolute atomic E-state index is 11.2. The fraction of sp³-hybridized carbons (Fsp3) is 0.900. The van der Waals surface area contributed by atoms with Crippen molar-refractivity contribution in [3.63, 3.8) is 0 Å². The van der Waals surface area contributed by atoms with Crippen LogP contribution in [0.25, 0.3) is 0 Å². The molecule has 0 bridgehead atoms. The van der Waals surface area contributed by atoms with Gasteiger partial charge in [-0.1, -0.05) is 13.8 Å². The molecule has 0 saturated carbocycles. The van der Waals surface area contributed by atoms with Gasteiger partial charge in [0, 0.05) is 6.42 Å². The zero-order valence-corrected chi connectivity index (χ0v) is 8.82. The van der Waals surface area contributed by atoms with E-state index in [-0.39, 0.29) is 12.1 Å². The number of carbonyl (C=O) groups excluding carboxylic acids is 1. The lowest BCUT2D eigenvalue weighted by Crippen LogP contribution is -2.20. The first-order valence-corrected chi connectivity index (χ1v) is 5.03. The van der Waals surface area contributed by atoms with Gasteiger partial charge < -0.3 is 14.2 Å². The molecule has 0 aromatic carbocycles. The molecule has 14 heavy (non-hydrogen) atoms. The summed E-state index contributed by atoms with van der Waals surface area (Å²) >= 11 is 0. The third-order valence-electron chi connectivity index (χ3n) is 2.05. The van der Waals surface area contributed by atoms with Crippen LogP contribution in [0.15, 0.2) is 0 Å². The fourth-order valence-electron chi connectivity index (χ4n) is 1.13. The predicted molar refractivity (Wildman–Crippen MR) is 50.7 cm³/mol. The highest BCUT2D eigenvalue weighted by molar-refractivity contribution is 5.69. The Morgan fingerprint density at radius 2 is 2.36 bits per heavy atom. The first-order valence-electron chi connectivity index (χ1n) is 5.03. The fourth-order valence-corrected chi connectivity index (χ4v) is 1.13. The summed E-state index contributed by atoms with van der Waals surface area (Å²) < 4.78 is 15.1. The minimum Gasteiger partial charge on any atom is -0.463 e. The molecular weight excluding hydrogens is 184 g/mol. The SMILES string of the molecule is CC(C)CCC(=O)OCC1COCO1. The molecule has 1 aliphatic heterocycles. The second-order valence-electron chi connectivity index (χ2n) is 3.89. The first kappa shape index (κ1) is 11.5. The van der Waals surface area contributed by atoms with Crippen LogP contribution in [-0.4, -0.2) is 32.1 Å². The van der Waals surface area contributed by atoms with Gasteiger partial charge in [0.25, 0.3) is 0 Å². The second-order valence-corrected chi connectivity index (χ2v) is 3.89. The van der Waals surface area contributed by atoms with Gasteiger partial charge in [-0.05, 0) is 12.3 Å². The lowest BCUT2D eigenvalue weighted by molar-refractivity contribution is -0.147. The van der Waals surface area contributed by atoms with E-state index in [1.807, 2.05) is 0 Å². The highest BCUT2D eigenvalue weighted by Gasteiger charge is 2.17. The van der Waals surface area contributed by atoms with Crippen molar-refractivity contribution in [1.29, 1.82) is 0 Å². The zero-order valence-electron chi connectivity index (χ0n) is 8.82. The van der Waals surface area contributed by atoms with E-state index in [1.165, 1.54) is 0 Å². The van der Waals surface area contributed by atoms with Crippen LogP contribution >= 0.6 is 0 Å². The van der Waals surface area contributed by atoms with Crippen LogP contribution in [0.1, 0.15) is 26.7 Å². The van der Waals surface area contributed by atoms with E-state index in [2.05, 4.69) is 13.8 Å². The molecule has 0 radical (unpaired) electrons. The van der Waals surface area contributed by atoms with Crippen LogP contribution in [0.4, 0.5) is 0 Å². The van der Waals surface area contributed by atoms with Crippen molar-refractivity contribution in [1.82, 2.24) is 0 Å². The molecule has 82 valence electrons. The van der Waals surface area contributed by atoms with Crippen molar-refractivity contribution >= 4 is 5.97 Å². The minimum atomic E-state index is -0.144. The van der Waals surface area contributed by atoms with Crippen LogP contribution in [0.2, 0.25) is 0 Å². The summed E-state index contributed by atoms with van der Waals surface area (Å²) in [7, 11) is 0. The highest BCUT2D eigenvalue weighted by Crippen LogP contribution is 2.07. The van der Waals surface area contributed by atoms with E-state index in [9.17, 15) is 4.79 Å². The monoisotopic (exact) mass is 202 g/mol. The molecule has 1 aliphatic rings. The Morgan fingerprint density at radius 3 is 2.93 bits per heavy atom.